The number of piperidine rings is 1. The van der Waals surface area contributed by atoms with E-state index in [4.69, 9.17) is 5.73 Å². The van der Waals surface area contributed by atoms with Gasteiger partial charge in [-0.3, -0.25) is 0 Å². The maximum Gasteiger partial charge on any atom is 0.227 e. The molecule has 0 radical (unpaired) electrons. The Morgan fingerprint density at radius 3 is 2.47 bits per heavy atom. The lowest BCUT2D eigenvalue weighted by Gasteiger charge is -2.39. The Kier molecular flexibility index (Phi) is 2.65. The van der Waals surface area contributed by atoms with E-state index in [1.54, 1.807) is 12.3 Å². The van der Waals surface area contributed by atoms with Crippen LogP contribution in [0.3, 0.4) is 0 Å². The number of rotatable bonds is 1. The van der Waals surface area contributed by atoms with Crippen LogP contribution in [0.1, 0.15) is 38.5 Å². The molecule has 17 heavy (non-hydrogen) atoms. The lowest BCUT2D eigenvalue weighted by molar-refractivity contribution is 0.225. The Morgan fingerprint density at radius 1 is 1.12 bits per heavy atom. The summed E-state index contributed by atoms with van der Waals surface area (Å²) in [6, 6.07) is 1.74. The van der Waals surface area contributed by atoms with Gasteiger partial charge in [0.05, 0.1) is 0 Å². The van der Waals surface area contributed by atoms with Crippen molar-refractivity contribution in [1.82, 2.24) is 9.97 Å². The zero-order chi connectivity index (χ0) is 11.7. The number of hydrogen-bond donors (Lipinski definition) is 1. The summed E-state index contributed by atoms with van der Waals surface area (Å²) in [6.45, 7) is 2.17. The summed E-state index contributed by atoms with van der Waals surface area (Å²) in [5.41, 5.74) is 6.35. The highest BCUT2D eigenvalue weighted by atomic mass is 15.3. The second-order valence-electron chi connectivity index (χ2n) is 5.48. The van der Waals surface area contributed by atoms with Crippen molar-refractivity contribution in [2.45, 2.75) is 38.5 Å². The molecule has 3 rings (SSSR count). The van der Waals surface area contributed by atoms with Crippen molar-refractivity contribution >= 4 is 11.8 Å². The predicted octanol–water partition coefficient (Wildman–Crippen LogP) is 2.22. The van der Waals surface area contributed by atoms with Gasteiger partial charge in [-0.15, -0.1) is 0 Å². The molecule has 2 fully saturated rings. The fourth-order valence-corrected chi connectivity index (χ4v) is 3.32. The van der Waals surface area contributed by atoms with Gasteiger partial charge in [-0.05, 0) is 37.2 Å². The third kappa shape index (κ3) is 2.08. The highest BCUT2D eigenvalue weighted by Gasteiger charge is 2.37. The van der Waals surface area contributed by atoms with Crippen LogP contribution in [0.15, 0.2) is 12.3 Å². The van der Waals surface area contributed by atoms with E-state index in [2.05, 4.69) is 14.9 Å². The maximum atomic E-state index is 5.70. The molecule has 0 bridgehead atoms. The number of nitrogens with zero attached hydrogens (tertiary/aromatic N) is 3. The van der Waals surface area contributed by atoms with Gasteiger partial charge in [0.25, 0.3) is 0 Å². The number of nitrogens with two attached hydrogens (primary N) is 1. The molecule has 4 heteroatoms. The van der Waals surface area contributed by atoms with Crippen LogP contribution in [0.5, 0.6) is 0 Å². The van der Waals surface area contributed by atoms with E-state index in [9.17, 15) is 0 Å². The molecule has 1 aromatic heterocycles. The van der Waals surface area contributed by atoms with Crippen LogP contribution in [-0.2, 0) is 0 Å². The number of hydrogen-bond acceptors (Lipinski definition) is 4. The van der Waals surface area contributed by atoms with Crippen LogP contribution in [-0.4, -0.2) is 23.1 Å². The average molecular weight is 232 g/mol. The lowest BCUT2D eigenvalue weighted by Crippen LogP contribution is -2.39. The summed E-state index contributed by atoms with van der Waals surface area (Å²) in [4.78, 5) is 10.9. The van der Waals surface area contributed by atoms with Gasteiger partial charge in [0.15, 0.2) is 0 Å². The number of anilines is 2. The van der Waals surface area contributed by atoms with Crippen LogP contribution >= 0.6 is 0 Å². The molecule has 1 saturated heterocycles. The molecule has 1 saturated carbocycles. The maximum absolute atomic E-state index is 5.70. The molecule has 0 aromatic carbocycles. The zero-order valence-corrected chi connectivity index (χ0v) is 10.2. The quantitative estimate of drug-likeness (QED) is 0.806. The Balaban J connectivity index is 1.68. The molecule has 1 spiro atoms. The Hall–Kier alpha value is -1.32. The monoisotopic (exact) mass is 232 g/mol. The highest BCUT2D eigenvalue weighted by molar-refractivity contribution is 5.38. The average Bonchev–Trinajstić information content (AvgIpc) is 2.79. The molecule has 0 amide bonds. The van der Waals surface area contributed by atoms with Crippen molar-refractivity contribution in [3.63, 3.8) is 0 Å². The molecule has 92 valence electrons. The van der Waals surface area contributed by atoms with Gasteiger partial charge in [-0.1, -0.05) is 12.8 Å². The van der Waals surface area contributed by atoms with Gasteiger partial charge < -0.3 is 10.6 Å². The smallest absolute Gasteiger partial charge is 0.227 e. The van der Waals surface area contributed by atoms with E-state index >= 15 is 0 Å². The van der Waals surface area contributed by atoms with Crippen LogP contribution in [0.25, 0.3) is 0 Å². The molecule has 1 aromatic rings. The van der Waals surface area contributed by atoms with Crippen LogP contribution < -0.4 is 10.6 Å². The third-order valence-corrected chi connectivity index (χ3v) is 4.44. The van der Waals surface area contributed by atoms with Crippen molar-refractivity contribution < 1.29 is 0 Å². The second kappa shape index (κ2) is 4.17. The van der Waals surface area contributed by atoms with Crippen molar-refractivity contribution in [1.29, 1.82) is 0 Å². The van der Waals surface area contributed by atoms with Gasteiger partial charge >= 0.3 is 0 Å². The largest absolute Gasteiger partial charge is 0.384 e. The first-order valence-electron chi connectivity index (χ1n) is 6.61. The van der Waals surface area contributed by atoms with Crippen molar-refractivity contribution in [3.05, 3.63) is 12.3 Å². The summed E-state index contributed by atoms with van der Waals surface area (Å²) < 4.78 is 0. The predicted molar refractivity (Wildman–Crippen MR) is 68.8 cm³/mol. The molecule has 2 aliphatic rings. The summed E-state index contributed by atoms with van der Waals surface area (Å²) in [5, 5.41) is 0. The van der Waals surface area contributed by atoms with Crippen LogP contribution in [0, 0.1) is 5.41 Å². The first-order valence-corrected chi connectivity index (χ1v) is 6.61. The minimum atomic E-state index is 0.566. The van der Waals surface area contributed by atoms with Gasteiger partial charge in [0.2, 0.25) is 5.95 Å². The summed E-state index contributed by atoms with van der Waals surface area (Å²) in [5.74, 6) is 1.37. The normalized spacial score (nSPS) is 23.2. The standard InChI is InChI=1S/C13H20N4/c14-11-3-8-15-12(16-11)17-9-6-13(7-10-17)4-1-2-5-13/h3,8H,1-2,4-7,9-10H2,(H2,14,15,16). The minimum Gasteiger partial charge on any atom is -0.384 e. The third-order valence-electron chi connectivity index (χ3n) is 4.44. The lowest BCUT2D eigenvalue weighted by atomic mass is 9.77. The first kappa shape index (κ1) is 10.8. The molecule has 0 unspecified atom stereocenters. The fraction of sp³-hybridized carbons (Fsp3) is 0.692. The Labute approximate surface area is 102 Å². The van der Waals surface area contributed by atoms with Crippen molar-refractivity contribution in [3.8, 4) is 0 Å². The van der Waals surface area contributed by atoms with E-state index in [1.807, 2.05) is 0 Å². The van der Waals surface area contributed by atoms with E-state index in [0.717, 1.165) is 19.0 Å². The second-order valence-corrected chi connectivity index (χ2v) is 5.48. The van der Waals surface area contributed by atoms with E-state index < -0.39 is 0 Å². The molecule has 2 N–H and O–H groups in total. The van der Waals surface area contributed by atoms with Gasteiger partial charge in [0.1, 0.15) is 5.82 Å². The summed E-state index contributed by atoms with van der Waals surface area (Å²) >= 11 is 0. The molecule has 0 atom stereocenters. The molecule has 1 aliphatic heterocycles. The summed E-state index contributed by atoms with van der Waals surface area (Å²) in [7, 11) is 0. The van der Waals surface area contributed by atoms with Crippen LogP contribution in [0.2, 0.25) is 0 Å². The van der Waals surface area contributed by atoms with Crippen molar-refractivity contribution in [2.75, 3.05) is 23.7 Å². The number of nitrogen functional groups attached to an aromatic ring is 1. The van der Waals surface area contributed by atoms with E-state index in [1.165, 1.54) is 38.5 Å². The van der Waals surface area contributed by atoms with E-state index in [-0.39, 0.29) is 0 Å². The fourth-order valence-electron chi connectivity index (χ4n) is 3.32. The van der Waals surface area contributed by atoms with Gasteiger partial charge in [0, 0.05) is 19.3 Å². The SMILES string of the molecule is Nc1ccnc(N2CCC3(CCCC3)CC2)n1. The highest BCUT2D eigenvalue weighted by Crippen LogP contribution is 2.46. The Morgan fingerprint density at radius 2 is 1.82 bits per heavy atom. The minimum absolute atomic E-state index is 0.566. The number of aromatic nitrogens is 2. The molecule has 2 heterocycles. The molecule has 1 aliphatic carbocycles. The first-order chi connectivity index (χ1) is 8.27. The molecular weight excluding hydrogens is 212 g/mol. The molecule has 4 nitrogen and oxygen atoms in total. The molecular formula is C13H20N4. The van der Waals surface area contributed by atoms with Gasteiger partial charge in [-0.2, -0.15) is 4.98 Å². The topological polar surface area (TPSA) is 55.0 Å². The summed E-state index contributed by atoms with van der Waals surface area (Å²) in [6.07, 6.45) is 10.1. The van der Waals surface area contributed by atoms with Crippen LogP contribution in [0.4, 0.5) is 11.8 Å². The van der Waals surface area contributed by atoms with Crippen molar-refractivity contribution in [2.24, 2.45) is 5.41 Å². The zero-order valence-electron chi connectivity index (χ0n) is 10.2. The van der Waals surface area contributed by atoms with E-state index in [0.29, 0.717) is 11.2 Å². The Bertz CT molecular complexity index is 388. The van der Waals surface area contributed by atoms with Gasteiger partial charge in [-0.25, -0.2) is 4.98 Å².